The predicted molar refractivity (Wildman–Crippen MR) is 74.6 cm³/mol. The van der Waals surface area contributed by atoms with Crippen molar-refractivity contribution in [2.45, 2.75) is 6.42 Å². The number of pyridine rings is 1. The Hall–Kier alpha value is -2.01. The summed E-state index contributed by atoms with van der Waals surface area (Å²) in [5, 5.41) is 0. The van der Waals surface area contributed by atoms with E-state index in [9.17, 15) is 0 Å². The second-order valence-corrected chi connectivity index (χ2v) is 4.85. The Kier molecular flexibility index (Phi) is 3.37. The van der Waals surface area contributed by atoms with Gasteiger partial charge in [0.15, 0.2) is 0 Å². The molecule has 1 aliphatic heterocycles. The van der Waals surface area contributed by atoms with Gasteiger partial charge in [0.1, 0.15) is 0 Å². The van der Waals surface area contributed by atoms with Gasteiger partial charge in [0.05, 0.1) is 0 Å². The van der Waals surface area contributed by atoms with E-state index in [0.29, 0.717) is 5.92 Å². The zero-order valence-electron chi connectivity index (χ0n) is 10.7. The zero-order chi connectivity index (χ0) is 13.1. The summed E-state index contributed by atoms with van der Waals surface area (Å²) in [7, 11) is 0. The van der Waals surface area contributed by atoms with Gasteiger partial charge in [-0.25, -0.2) is 9.97 Å². The lowest BCUT2D eigenvalue weighted by molar-refractivity contribution is 0.602. The van der Waals surface area contributed by atoms with Crippen LogP contribution in [0.1, 0.15) is 6.42 Å². The van der Waals surface area contributed by atoms with Crippen molar-refractivity contribution < 1.29 is 0 Å². The van der Waals surface area contributed by atoms with Crippen LogP contribution in [0.3, 0.4) is 0 Å². The van der Waals surface area contributed by atoms with Gasteiger partial charge in [0, 0.05) is 49.0 Å². The first-order valence-corrected chi connectivity index (χ1v) is 6.54. The molecule has 3 rings (SSSR count). The van der Waals surface area contributed by atoms with Gasteiger partial charge in [0.2, 0.25) is 5.95 Å². The maximum Gasteiger partial charge on any atom is 0.225 e. The minimum absolute atomic E-state index is 0.571. The van der Waals surface area contributed by atoms with Crippen LogP contribution in [0.2, 0.25) is 0 Å². The largest absolute Gasteiger partial charge is 0.340 e. The lowest BCUT2D eigenvalue weighted by Gasteiger charge is -2.15. The number of anilines is 1. The summed E-state index contributed by atoms with van der Waals surface area (Å²) in [4.78, 5) is 15.2. The molecule has 1 aliphatic rings. The average molecular weight is 255 g/mol. The Bertz CT molecular complexity index is 525. The van der Waals surface area contributed by atoms with Crippen LogP contribution < -0.4 is 10.6 Å². The highest BCUT2D eigenvalue weighted by atomic mass is 15.3. The average Bonchev–Trinajstić information content (AvgIpc) is 2.97. The van der Waals surface area contributed by atoms with Gasteiger partial charge in [-0.05, 0) is 24.9 Å². The fourth-order valence-corrected chi connectivity index (χ4v) is 2.37. The van der Waals surface area contributed by atoms with Crippen LogP contribution in [-0.2, 0) is 0 Å². The maximum atomic E-state index is 5.70. The number of rotatable bonds is 3. The van der Waals surface area contributed by atoms with Crippen molar-refractivity contribution in [2.75, 3.05) is 24.5 Å². The van der Waals surface area contributed by atoms with Crippen LogP contribution in [-0.4, -0.2) is 34.6 Å². The fourth-order valence-electron chi connectivity index (χ4n) is 2.37. The minimum Gasteiger partial charge on any atom is -0.340 e. The summed E-state index contributed by atoms with van der Waals surface area (Å²) < 4.78 is 0. The normalized spacial score (nSPS) is 18.8. The molecule has 98 valence electrons. The Balaban J connectivity index is 1.76. The molecule has 0 saturated carbocycles. The summed E-state index contributed by atoms with van der Waals surface area (Å²) in [6.07, 6.45) is 8.42. The molecule has 5 nitrogen and oxygen atoms in total. The molecule has 2 N–H and O–H groups in total. The first-order valence-electron chi connectivity index (χ1n) is 6.54. The van der Waals surface area contributed by atoms with Gasteiger partial charge < -0.3 is 10.6 Å². The summed E-state index contributed by atoms with van der Waals surface area (Å²) in [5.74, 6) is 1.37. The smallest absolute Gasteiger partial charge is 0.225 e. The highest BCUT2D eigenvalue weighted by molar-refractivity contribution is 5.60. The highest BCUT2D eigenvalue weighted by Crippen LogP contribution is 2.22. The topological polar surface area (TPSA) is 67.9 Å². The van der Waals surface area contributed by atoms with E-state index in [4.69, 9.17) is 5.73 Å². The SMILES string of the molecule is NCC1CCN(c2ncc(-c3cccnc3)cn2)C1. The fraction of sp³-hybridized carbons (Fsp3) is 0.357. The predicted octanol–water partition coefficient (Wildman–Crippen LogP) is 1.32. The Morgan fingerprint density at radius 2 is 2.05 bits per heavy atom. The molecule has 5 heteroatoms. The van der Waals surface area contributed by atoms with Gasteiger partial charge in [-0.2, -0.15) is 0 Å². The van der Waals surface area contributed by atoms with Gasteiger partial charge in [-0.1, -0.05) is 6.07 Å². The molecule has 3 heterocycles. The Morgan fingerprint density at radius 1 is 1.21 bits per heavy atom. The van der Waals surface area contributed by atoms with Crippen LogP contribution in [0.15, 0.2) is 36.9 Å². The number of hydrogen-bond acceptors (Lipinski definition) is 5. The second kappa shape index (κ2) is 5.32. The molecule has 1 fully saturated rings. The lowest BCUT2D eigenvalue weighted by Crippen LogP contribution is -2.24. The van der Waals surface area contributed by atoms with Crippen molar-refractivity contribution in [1.29, 1.82) is 0 Å². The first kappa shape index (κ1) is 12.0. The summed E-state index contributed by atoms with van der Waals surface area (Å²) in [6.45, 7) is 2.70. The van der Waals surface area contributed by atoms with E-state index in [-0.39, 0.29) is 0 Å². The Morgan fingerprint density at radius 3 is 2.68 bits per heavy atom. The molecule has 1 atom stereocenters. The Labute approximate surface area is 112 Å². The lowest BCUT2D eigenvalue weighted by atomic mass is 10.1. The molecule has 0 amide bonds. The van der Waals surface area contributed by atoms with Crippen molar-refractivity contribution in [2.24, 2.45) is 11.7 Å². The summed E-state index contributed by atoms with van der Waals surface area (Å²) >= 11 is 0. The quantitative estimate of drug-likeness (QED) is 0.896. The molecule has 1 unspecified atom stereocenters. The molecule has 0 bridgehead atoms. The van der Waals surface area contributed by atoms with E-state index in [1.54, 1.807) is 6.20 Å². The van der Waals surface area contributed by atoms with Crippen LogP contribution >= 0.6 is 0 Å². The van der Waals surface area contributed by atoms with Crippen LogP contribution in [0.4, 0.5) is 5.95 Å². The molecule has 2 aromatic heterocycles. The standard InChI is InChI=1S/C14H17N5/c15-6-11-3-5-19(10-11)14-17-8-13(9-18-14)12-2-1-4-16-7-12/h1-2,4,7-9,11H,3,5-6,10,15H2. The van der Waals surface area contributed by atoms with Crippen LogP contribution in [0.25, 0.3) is 11.1 Å². The zero-order valence-corrected chi connectivity index (χ0v) is 10.7. The molecule has 1 saturated heterocycles. The van der Waals surface area contributed by atoms with Gasteiger partial charge in [0.25, 0.3) is 0 Å². The summed E-state index contributed by atoms with van der Waals surface area (Å²) in [6, 6.07) is 3.92. The molecular formula is C14H17N5. The molecule has 2 aromatic rings. The van der Waals surface area contributed by atoms with Crippen molar-refractivity contribution >= 4 is 5.95 Å². The molecule has 19 heavy (non-hydrogen) atoms. The van der Waals surface area contributed by atoms with Gasteiger partial charge in [-0.15, -0.1) is 0 Å². The van der Waals surface area contributed by atoms with Crippen molar-refractivity contribution in [3.8, 4) is 11.1 Å². The van der Waals surface area contributed by atoms with E-state index < -0.39 is 0 Å². The first-order chi connectivity index (χ1) is 9.36. The number of aromatic nitrogens is 3. The van der Waals surface area contributed by atoms with Crippen molar-refractivity contribution in [1.82, 2.24) is 15.0 Å². The number of nitrogens with zero attached hydrogens (tertiary/aromatic N) is 4. The van der Waals surface area contributed by atoms with Crippen molar-refractivity contribution in [3.63, 3.8) is 0 Å². The minimum atomic E-state index is 0.571. The molecular weight excluding hydrogens is 238 g/mol. The third kappa shape index (κ3) is 2.56. The number of nitrogens with two attached hydrogens (primary N) is 1. The second-order valence-electron chi connectivity index (χ2n) is 4.85. The van der Waals surface area contributed by atoms with Crippen LogP contribution in [0.5, 0.6) is 0 Å². The molecule has 0 radical (unpaired) electrons. The third-order valence-corrected chi connectivity index (χ3v) is 3.54. The van der Waals surface area contributed by atoms with Crippen LogP contribution in [0, 0.1) is 5.92 Å². The van der Waals surface area contributed by atoms with E-state index in [2.05, 4.69) is 19.9 Å². The van der Waals surface area contributed by atoms with Crippen molar-refractivity contribution in [3.05, 3.63) is 36.9 Å². The van der Waals surface area contributed by atoms with E-state index >= 15 is 0 Å². The molecule has 0 aliphatic carbocycles. The maximum absolute atomic E-state index is 5.70. The third-order valence-electron chi connectivity index (χ3n) is 3.54. The van der Waals surface area contributed by atoms with E-state index in [0.717, 1.165) is 43.1 Å². The van der Waals surface area contributed by atoms with Gasteiger partial charge in [-0.3, -0.25) is 4.98 Å². The molecule has 0 spiro atoms. The monoisotopic (exact) mass is 255 g/mol. The van der Waals surface area contributed by atoms with E-state index in [1.807, 2.05) is 30.7 Å². The van der Waals surface area contributed by atoms with E-state index in [1.165, 1.54) is 0 Å². The molecule has 0 aromatic carbocycles. The summed E-state index contributed by atoms with van der Waals surface area (Å²) in [5.41, 5.74) is 7.73. The highest BCUT2D eigenvalue weighted by Gasteiger charge is 2.22. The number of hydrogen-bond donors (Lipinski definition) is 1. The van der Waals surface area contributed by atoms with Gasteiger partial charge >= 0.3 is 0 Å².